The van der Waals surface area contributed by atoms with E-state index in [4.69, 9.17) is 0 Å². The third kappa shape index (κ3) is 42.1. The summed E-state index contributed by atoms with van der Waals surface area (Å²) < 4.78 is 0. The van der Waals surface area contributed by atoms with Crippen molar-refractivity contribution in [1.82, 2.24) is 41.7 Å². The topological polar surface area (TPSA) is 113 Å². The van der Waals surface area contributed by atoms with Crippen LogP contribution in [0.1, 0.15) is 168 Å². The third-order valence-corrected chi connectivity index (χ3v) is 10.5. The molecule has 0 radical (unpaired) electrons. The molecule has 2 amide bonds. The van der Waals surface area contributed by atoms with Gasteiger partial charge in [-0.15, -0.1) is 0 Å². The van der Waals surface area contributed by atoms with Crippen LogP contribution in [-0.4, -0.2) is 127 Å². The van der Waals surface area contributed by atoms with E-state index in [1.807, 2.05) is 23.9 Å². The number of rotatable bonds is 45. The fourth-order valence-electron chi connectivity index (χ4n) is 6.71. The van der Waals surface area contributed by atoms with Gasteiger partial charge < -0.3 is 41.7 Å². The Balaban J connectivity index is 3.26. The molecular weight excluding hydrogens is 685 g/mol. The van der Waals surface area contributed by atoms with Crippen LogP contribution in [0.15, 0.2) is 0 Å². The van der Waals surface area contributed by atoms with E-state index in [0.717, 1.165) is 136 Å². The molecule has 0 heterocycles. The van der Waals surface area contributed by atoms with Crippen LogP contribution in [0.4, 0.5) is 0 Å². The summed E-state index contributed by atoms with van der Waals surface area (Å²) in [4.78, 5) is 28.5. The van der Waals surface area contributed by atoms with E-state index < -0.39 is 0 Å². The highest BCUT2D eigenvalue weighted by molar-refractivity contribution is 5.76. The lowest BCUT2D eigenvalue weighted by Crippen LogP contribution is -2.30. The molecule has 0 aromatic heterocycles. The highest BCUT2D eigenvalue weighted by atomic mass is 16.2. The second-order valence-electron chi connectivity index (χ2n) is 16.5. The van der Waals surface area contributed by atoms with Crippen molar-refractivity contribution in [3.8, 4) is 0 Å². The molecule has 328 valence electrons. The molecule has 0 unspecified atom stereocenters. The van der Waals surface area contributed by atoms with Crippen LogP contribution in [0.25, 0.3) is 0 Å². The van der Waals surface area contributed by atoms with Crippen LogP contribution in [0.2, 0.25) is 0 Å². The number of nitrogens with one attached hydrogen (secondary N) is 6. The summed E-state index contributed by atoms with van der Waals surface area (Å²) in [6.45, 7) is 21.2. The Bertz CT molecular complexity index is 803. The number of amides is 2. The fourth-order valence-corrected chi connectivity index (χ4v) is 6.71. The van der Waals surface area contributed by atoms with Gasteiger partial charge in [0.25, 0.3) is 0 Å². The summed E-state index contributed by atoms with van der Waals surface area (Å²) in [5, 5.41) is 21.3. The standard InChI is InChI=1S/C45H96N8O2/c1-6-7-8-9-10-13-16-27-44(54)52(4)41-24-39-50-37-22-35-48-33-20-31-46-29-18-19-30-47-32-21-34-49-36-23-38-51-40-25-42-53(5)45(55)28-17-14-11-12-15-26-43(2)3/h43,46-51H,6-42H2,1-5H3. The summed E-state index contributed by atoms with van der Waals surface area (Å²) in [6.07, 6.45) is 26.8. The van der Waals surface area contributed by atoms with E-state index in [1.54, 1.807) is 0 Å². The van der Waals surface area contributed by atoms with Gasteiger partial charge in [-0.25, -0.2) is 0 Å². The normalized spacial score (nSPS) is 11.5. The lowest BCUT2D eigenvalue weighted by molar-refractivity contribution is -0.130. The lowest BCUT2D eigenvalue weighted by Gasteiger charge is -2.17. The van der Waals surface area contributed by atoms with Gasteiger partial charge in [-0.1, -0.05) is 91.4 Å². The van der Waals surface area contributed by atoms with Gasteiger partial charge in [-0.3, -0.25) is 9.59 Å². The van der Waals surface area contributed by atoms with Gasteiger partial charge in [0.05, 0.1) is 0 Å². The quantitative estimate of drug-likeness (QED) is 0.0364. The van der Waals surface area contributed by atoms with Crippen molar-refractivity contribution >= 4 is 11.8 Å². The van der Waals surface area contributed by atoms with Crippen LogP contribution in [0.3, 0.4) is 0 Å². The van der Waals surface area contributed by atoms with Crippen molar-refractivity contribution in [2.75, 3.05) is 106 Å². The Morgan fingerprint density at radius 1 is 0.382 bits per heavy atom. The molecule has 0 bridgehead atoms. The molecule has 0 aliphatic rings. The summed E-state index contributed by atoms with van der Waals surface area (Å²) in [6, 6.07) is 0. The SMILES string of the molecule is CCCCCCCCCC(=O)N(C)CCCNCCCNCCCNCCCCNCCCNCCCNCCCN(C)C(=O)CCCCCCCC(C)C. The van der Waals surface area contributed by atoms with Crippen molar-refractivity contribution in [2.45, 2.75) is 168 Å². The maximum Gasteiger partial charge on any atom is 0.222 e. The maximum atomic E-state index is 12.3. The summed E-state index contributed by atoms with van der Waals surface area (Å²) >= 11 is 0. The maximum absolute atomic E-state index is 12.3. The first-order chi connectivity index (χ1) is 26.9. The predicted octanol–water partition coefficient (Wildman–Crippen LogP) is 7.09. The van der Waals surface area contributed by atoms with E-state index >= 15 is 0 Å². The van der Waals surface area contributed by atoms with Crippen molar-refractivity contribution in [3.63, 3.8) is 0 Å². The minimum Gasteiger partial charge on any atom is -0.346 e. The predicted molar refractivity (Wildman–Crippen MR) is 239 cm³/mol. The third-order valence-electron chi connectivity index (χ3n) is 10.5. The zero-order chi connectivity index (χ0) is 40.3. The van der Waals surface area contributed by atoms with Gasteiger partial charge in [0.2, 0.25) is 11.8 Å². The van der Waals surface area contributed by atoms with E-state index in [-0.39, 0.29) is 0 Å². The fraction of sp³-hybridized carbons (Fsp3) is 0.956. The zero-order valence-corrected chi connectivity index (χ0v) is 37.5. The van der Waals surface area contributed by atoms with E-state index in [9.17, 15) is 9.59 Å². The molecule has 6 N–H and O–H groups in total. The molecule has 55 heavy (non-hydrogen) atoms. The average Bonchev–Trinajstić information content (AvgIpc) is 3.17. The molecular formula is C45H96N8O2. The molecule has 0 saturated carbocycles. The number of carbonyl (C=O) groups excluding carboxylic acids is 2. The van der Waals surface area contributed by atoms with Gasteiger partial charge in [-0.05, 0) is 149 Å². The molecule has 0 aromatic carbocycles. The van der Waals surface area contributed by atoms with Crippen molar-refractivity contribution < 1.29 is 9.59 Å². The number of hydrogen-bond acceptors (Lipinski definition) is 8. The lowest BCUT2D eigenvalue weighted by atomic mass is 10.0. The molecule has 10 nitrogen and oxygen atoms in total. The molecule has 0 atom stereocenters. The number of hydrogen-bond donors (Lipinski definition) is 6. The number of unbranched alkanes of at least 4 members (excludes halogenated alkanes) is 11. The van der Waals surface area contributed by atoms with Gasteiger partial charge in [0.1, 0.15) is 0 Å². The van der Waals surface area contributed by atoms with Crippen LogP contribution in [-0.2, 0) is 9.59 Å². The van der Waals surface area contributed by atoms with Crippen molar-refractivity contribution in [3.05, 3.63) is 0 Å². The molecule has 0 aromatic rings. The van der Waals surface area contributed by atoms with Gasteiger partial charge in [0, 0.05) is 40.0 Å². The summed E-state index contributed by atoms with van der Waals surface area (Å²) in [7, 11) is 3.91. The van der Waals surface area contributed by atoms with Crippen LogP contribution >= 0.6 is 0 Å². The largest absolute Gasteiger partial charge is 0.346 e. The van der Waals surface area contributed by atoms with E-state index in [0.29, 0.717) is 24.7 Å². The summed E-state index contributed by atoms with van der Waals surface area (Å²) in [5.74, 6) is 1.42. The van der Waals surface area contributed by atoms with Gasteiger partial charge >= 0.3 is 0 Å². The van der Waals surface area contributed by atoms with E-state index in [2.05, 4.69) is 52.7 Å². The molecule has 0 saturated heterocycles. The first kappa shape index (κ1) is 53.7. The number of carbonyl (C=O) groups is 2. The first-order valence-electron chi connectivity index (χ1n) is 23.6. The minimum absolute atomic E-state index is 0.305. The first-order valence-corrected chi connectivity index (χ1v) is 23.6. The molecule has 0 aliphatic carbocycles. The van der Waals surface area contributed by atoms with Gasteiger partial charge in [0.15, 0.2) is 0 Å². The Kier molecular flexibility index (Phi) is 42.8. The van der Waals surface area contributed by atoms with Crippen LogP contribution in [0.5, 0.6) is 0 Å². The Labute approximate surface area is 342 Å². The highest BCUT2D eigenvalue weighted by Gasteiger charge is 2.09. The molecule has 0 spiro atoms. The van der Waals surface area contributed by atoms with E-state index in [1.165, 1.54) is 96.3 Å². The smallest absolute Gasteiger partial charge is 0.222 e. The Hall–Kier alpha value is -1.30. The monoisotopic (exact) mass is 781 g/mol. The summed E-state index contributed by atoms with van der Waals surface area (Å²) in [5.41, 5.74) is 0. The van der Waals surface area contributed by atoms with Crippen molar-refractivity contribution in [2.24, 2.45) is 5.92 Å². The molecule has 0 aliphatic heterocycles. The van der Waals surface area contributed by atoms with Crippen molar-refractivity contribution in [1.29, 1.82) is 0 Å². The zero-order valence-electron chi connectivity index (χ0n) is 37.5. The number of nitrogens with zero attached hydrogens (tertiary/aromatic N) is 2. The Morgan fingerprint density at radius 2 is 0.673 bits per heavy atom. The van der Waals surface area contributed by atoms with Crippen LogP contribution < -0.4 is 31.9 Å². The average molecular weight is 781 g/mol. The molecule has 0 rings (SSSR count). The van der Waals surface area contributed by atoms with Crippen LogP contribution in [0, 0.1) is 5.92 Å². The van der Waals surface area contributed by atoms with Gasteiger partial charge in [-0.2, -0.15) is 0 Å². The second kappa shape index (κ2) is 43.8. The molecule has 0 fully saturated rings. The minimum atomic E-state index is 0.305. The Morgan fingerprint density at radius 3 is 1.02 bits per heavy atom. The molecule has 10 heteroatoms. The second-order valence-corrected chi connectivity index (χ2v) is 16.5. The highest BCUT2D eigenvalue weighted by Crippen LogP contribution is 2.12.